The second kappa shape index (κ2) is 8.20. The van der Waals surface area contributed by atoms with Crippen LogP contribution >= 0.6 is 11.6 Å². The van der Waals surface area contributed by atoms with Gasteiger partial charge in [-0.1, -0.05) is 23.7 Å². The molecular formula is C21H23ClN4O2. The molecule has 2 aromatic carbocycles. The van der Waals surface area contributed by atoms with Crippen molar-refractivity contribution < 1.29 is 9.90 Å². The highest BCUT2D eigenvalue weighted by Crippen LogP contribution is 2.25. The van der Waals surface area contributed by atoms with Crippen LogP contribution in [-0.4, -0.2) is 33.3 Å². The van der Waals surface area contributed by atoms with Crippen molar-refractivity contribution in [2.24, 2.45) is 0 Å². The van der Waals surface area contributed by atoms with Crippen LogP contribution in [0.5, 0.6) is 0 Å². The molecule has 1 aliphatic rings. The van der Waals surface area contributed by atoms with Crippen LogP contribution in [0.15, 0.2) is 48.7 Å². The molecule has 7 heteroatoms. The Hall–Kier alpha value is -2.57. The van der Waals surface area contributed by atoms with Crippen LogP contribution in [0.3, 0.4) is 0 Å². The van der Waals surface area contributed by atoms with Gasteiger partial charge in [-0.05, 0) is 61.6 Å². The van der Waals surface area contributed by atoms with Crippen molar-refractivity contribution in [3.05, 3.63) is 59.2 Å². The van der Waals surface area contributed by atoms with Crippen LogP contribution < -0.4 is 10.6 Å². The molecule has 0 radical (unpaired) electrons. The van der Waals surface area contributed by atoms with Crippen LogP contribution in [-0.2, 0) is 4.79 Å². The molecule has 1 unspecified atom stereocenters. The average molecular weight is 399 g/mol. The van der Waals surface area contributed by atoms with E-state index in [1.807, 2.05) is 12.3 Å². The van der Waals surface area contributed by atoms with Crippen molar-refractivity contribution in [3.63, 3.8) is 0 Å². The van der Waals surface area contributed by atoms with Crippen molar-refractivity contribution in [2.75, 3.05) is 5.32 Å². The predicted molar refractivity (Wildman–Crippen MR) is 110 cm³/mol. The van der Waals surface area contributed by atoms with Gasteiger partial charge >= 0.3 is 0 Å². The topological polar surface area (TPSA) is 90.0 Å². The number of aromatic nitrogens is 2. The molecule has 1 saturated carbocycles. The van der Waals surface area contributed by atoms with Crippen LogP contribution in [0.1, 0.15) is 37.4 Å². The molecule has 0 saturated heterocycles. The van der Waals surface area contributed by atoms with Crippen molar-refractivity contribution in [3.8, 4) is 0 Å². The van der Waals surface area contributed by atoms with E-state index in [2.05, 4.69) is 33.0 Å². The highest BCUT2D eigenvalue weighted by atomic mass is 35.5. The highest BCUT2D eigenvalue weighted by Gasteiger charge is 2.25. The lowest BCUT2D eigenvalue weighted by molar-refractivity contribution is -0.130. The first kappa shape index (κ1) is 18.8. The summed E-state index contributed by atoms with van der Waals surface area (Å²) >= 11 is 5.85. The maximum Gasteiger partial charge on any atom is 0.253 e. The number of H-pyrrole nitrogens is 1. The number of amides is 1. The van der Waals surface area contributed by atoms with Gasteiger partial charge in [0.15, 0.2) is 6.10 Å². The molecule has 1 aromatic heterocycles. The number of carbonyl (C=O) groups is 1. The summed E-state index contributed by atoms with van der Waals surface area (Å²) in [6.45, 7) is 0. The summed E-state index contributed by atoms with van der Waals surface area (Å²) < 4.78 is 0. The van der Waals surface area contributed by atoms with E-state index >= 15 is 0 Å². The number of hydrogen-bond acceptors (Lipinski definition) is 4. The molecule has 1 atom stereocenters. The lowest BCUT2D eigenvalue weighted by Gasteiger charge is -2.30. The number of aromatic amines is 1. The van der Waals surface area contributed by atoms with Gasteiger partial charge in [0.1, 0.15) is 0 Å². The Morgan fingerprint density at radius 3 is 2.57 bits per heavy atom. The van der Waals surface area contributed by atoms with E-state index in [9.17, 15) is 9.90 Å². The van der Waals surface area contributed by atoms with Gasteiger partial charge in [-0.15, -0.1) is 0 Å². The van der Waals surface area contributed by atoms with Crippen LogP contribution in [0.2, 0.25) is 5.02 Å². The molecule has 0 aliphatic heterocycles. The molecule has 1 heterocycles. The van der Waals surface area contributed by atoms with Gasteiger partial charge in [-0.3, -0.25) is 9.89 Å². The Labute approximate surface area is 168 Å². The maximum atomic E-state index is 12.3. The van der Waals surface area contributed by atoms with Crippen LogP contribution in [0.4, 0.5) is 5.69 Å². The van der Waals surface area contributed by atoms with Crippen LogP contribution in [0, 0.1) is 0 Å². The molecule has 4 N–H and O–H groups in total. The molecule has 6 nitrogen and oxygen atoms in total. The maximum absolute atomic E-state index is 12.3. The standard InChI is InChI=1S/C21H23ClN4O2/c22-15-3-1-13(2-4-15)20(27)21(28)25-17-7-5-16(6-8-17)24-18-9-10-19-14(11-18)12-23-26-19/h1-4,9-12,16-17,20,24,27H,5-8H2,(H,23,26)(H,25,28). The summed E-state index contributed by atoms with van der Waals surface area (Å²) in [4.78, 5) is 12.3. The Kier molecular flexibility index (Phi) is 5.50. The number of fused-ring (bicyclic) bond motifs is 1. The first-order valence-electron chi connectivity index (χ1n) is 9.52. The van der Waals surface area contributed by atoms with E-state index < -0.39 is 6.10 Å². The fourth-order valence-electron chi connectivity index (χ4n) is 3.73. The smallest absolute Gasteiger partial charge is 0.253 e. The van der Waals surface area contributed by atoms with Crippen molar-refractivity contribution in [1.29, 1.82) is 0 Å². The number of benzene rings is 2. The van der Waals surface area contributed by atoms with Gasteiger partial charge in [0.05, 0.1) is 11.7 Å². The minimum atomic E-state index is -1.17. The number of nitrogens with zero attached hydrogens (tertiary/aromatic N) is 1. The second-order valence-electron chi connectivity index (χ2n) is 7.33. The fraction of sp³-hybridized carbons (Fsp3) is 0.333. The van der Waals surface area contributed by atoms with Gasteiger partial charge in [0.25, 0.3) is 5.91 Å². The predicted octanol–water partition coefficient (Wildman–Crippen LogP) is 3.79. The van der Waals surface area contributed by atoms with E-state index in [1.54, 1.807) is 24.3 Å². The van der Waals surface area contributed by atoms with Gasteiger partial charge < -0.3 is 15.7 Å². The van der Waals surface area contributed by atoms with Crippen molar-refractivity contribution in [2.45, 2.75) is 43.9 Å². The Morgan fingerprint density at radius 2 is 1.82 bits per heavy atom. The van der Waals surface area contributed by atoms with E-state index in [4.69, 9.17) is 11.6 Å². The van der Waals surface area contributed by atoms with Gasteiger partial charge in [-0.25, -0.2) is 0 Å². The molecule has 4 rings (SSSR count). The zero-order valence-electron chi connectivity index (χ0n) is 15.4. The quantitative estimate of drug-likeness (QED) is 0.526. The van der Waals surface area contributed by atoms with E-state index in [1.165, 1.54) is 0 Å². The summed E-state index contributed by atoms with van der Waals surface area (Å²) in [5, 5.41) is 25.5. The zero-order chi connectivity index (χ0) is 19.5. The number of rotatable bonds is 5. The van der Waals surface area contributed by atoms with E-state index in [-0.39, 0.29) is 11.9 Å². The number of halogens is 1. The zero-order valence-corrected chi connectivity index (χ0v) is 16.1. The number of aliphatic hydroxyl groups is 1. The summed E-state index contributed by atoms with van der Waals surface area (Å²) in [5.41, 5.74) is 2.66. The minimum Gasteiger partial charge on any atom is -0.382 e. The summed E-state index contributed by atoms with van der Waals surface area (Å²) in [5.74, 6) is -0.357. The summed E-state index contributed by atoms with van der Waals surface area (Å²) in [6, 6.07) is 13.3. The summed E-state index contributed by atoms with van der Waals surface area (Å²) in [6.07, 6.45) is 4.33. The first-order valence-corrected chi connectivity index (χ1v) is 9.90. The van der Waals surface area contributed by atoms with Gasteiger partial charge in [0, 0.05) is 28.2 Å². The third-order valence-electron chi connectivity index (χ3n) is 5.32. The van der Waals surface area contributed by atoms with E-state index in [0.717, 1.165) is 42.3 Å². The third kappa shape index (κ3) is 4.29. The normalized spacial score (nSPS) is 20.6. The number of anilines is 1. The molecule has 28 heavy (non-hydrogen) atoms. The lowest BCUT2D eigenvalue weighted by atomic mass is 9.90. The third-order valence-corrected chi connectivity index (χ3v) is 5.57. The molecule has 1 aliphatic carbocycles. The van der Waals surface area contributed by atoms with Crippen molar-refractivity contribution in [1.82, 2.24) is 15.5 Å². The summed E-state index contributed by atoms with van der Waals surface area (Å²) in [7, 11) is 0. The van der Waals surface area contributed by atoms with Crippen molar-refractivity contribution >= 4 is 34.1 Å². The number of carbonyl (C=O) groups excluding carboxylic acids is 1. The first-order chi connectivity index (χ1) is 13.6. The second-order valence-corrected chi connectivity index (χ2v) is 7.76. The molecule has 1 fully saturated rings. The average Bonchev–Trinajstić information content (AvgIpc) is 3.17. The number of nitrogens with one attached hydrogen (secondary N) is 3. The Balaban J connectivity index is 1.27. The number of hydrogen-bond donors (Lipinski definition) is 4. The molecular weight excluding hydrogens is 376 g/mol. The number of aliphatic hydroxyl groups excluding tert-OH is 1. The van der Waals surface area contributed by atoms with Gasteiger partial charge in [0.2, 0.25) is 0 Å². The Morgan fingerprint density at radius 1 is 1.11 bits per heavy atom. The van der Waals surface area contributed by atoms with E-state index in [0.29, 0.717) is 16.6 Å². The molecule has 0 spiro atoms. The fourth-order valence-corrected chi connectivity index (χ4v) is 3.85. The minimum absolute atomic E-state index is 0.0869. The van der Waals surface area contributed by atoms with Crippen LogP contribution in [0.25, 0.3) is 10.9 Å². The Bertz CT molecular complexity index is 948. The van der Waals surface area contributed by atoms with Gasteiger partial charge in [-0.2, -0.15) is 5.10 Å². The largest absolute Gasteiger partial charge is 0.382 e. The molecule has 146 valence electrons. The SMILES string of the molecule is O=C(NC1CCC(Nc2ccc3[nH]ncc3c2)CC1)C(O)c1ccc(Cl)cc1. The molecule has 3 aromatic rings. The highest BCUT2D eigenvalue weighted by molar-refractivity contribution is 6.30. The lowest BCUT2D eigenvalue weighted by Crippen LogP contribution is -2.42. The molecule has 0 bridgehead atoms. The monoisotopic (exact) mass is 398 g/mol. The molecule has 1 amide bonds.